The molecule has 1 saturated heterocycles. The van der Waals surface area contributed by atoms with Gasteiger partial charge in [0.25, 0.3) is 5.91 Å². The Bertz CT molecular complexity index is 728. The average Bonchev–Trinajstić information content (AvgIpc) is 3.16. The highest BCUT2D eigenvalue weighted by Gasteiger charge is 2.25. The van der Waals surface area contributed by atoms with E-state index in [1.165, 1.54) is 24.3 Å². The molecule has 0 bridgehead atoms. The van der Waals surface area contributed by atoms with Crippen LogP contribution in [0.4, 0.5) is 0 Å². The number of benzene rings is 1. The third-order valence-electron chi connectivity index (χ3n) is 4.11. The fourth-order valence-corrected chi connectivity index (χ4v) is 3.82. The highest BCUT2D eigenvalue weighted by molar-refractivity contribution is 8.00. The van der Waals surface area contributed by atoms with Gasteiger partial charge in [0, 0.05) is 24.0 Å². The molecule has 1 aliphatic heterocycles. The standard InChI is InChI=1S/C18H19ClN2O3S/c19-15-3-1-2-4-16(15)25-12-17(22)20-14-5-8-21(9-6-14)18(23)13-7-10-24-11-13/h1-4,7,10-11,14H,5-6,8-9,12H2,(H,20,22). The van der Waals surface area contributed by atoms with Crippen molar-refractivity contribution in [2.24, 2.45) is 0 Å². The highest BCUT2D eigenvalue weighted by atomic mass is 35.5. The zero-order chi connectivity index (χ0) is 17.6. The summed E-state index contributed by atoms with van der Waals surface area (Å²) in [6.07, 6.45) is 4.47. The lowest BCUT2D eigenvalue weighted by Gasteiger charge is -2.32. The van der Waals surface area contributed by atoms with Crippen LogP contribution in [-0.4, -0.2) is 41.6 Å². The molecule has 2 aromatic rings. The topological polar surface area (TPSA) is 62.6 Å². The van der Waals surface area contributed by atoms with E-state index in [0.717, 1.165) is 17.7 Å². The zero-order valence-electron chi connectivity index (χ0n) is 13.6. The van der Waals surface area contributed by atoms with Crippen molar-refractivity contribution in [1.29, 1.82) is 0 Å². The Labute approximate surface area is 155 Å². The van der Waals surface area contributed by atoms with Crippen LogP contribution in [0, 0.1) is 0 Å². The van der Waals surface area contributed by atoms with E-state index in [4.69, 9.17) is 16.0 Å². The van der Waals surface area contributed by atoms with Crippen molar-refractivity contribution >= 4 is 35.2 Å². The minimum atomic E-state index is -0.0206. The lowest BCUT2D eigenvalue weighted by molar-refractivity contribution is -0.119. The Morgan fingerprint density at radius 2 is 2.00 bits per heavy atom. The Morgan fingerprint density at radius 3 is 2.68 bits per heavy atom. The first-order chi connectivity index (χ1) is 12.1. The Hall–Kier alpha value is -1.92. The fraction of sp³-hybridized carbons (Fsp3) is 0.333. The number of furan rings is 1. The molecular formula is C18H19ClN2O3S. The molecule has 0 spiro atoms. The number of likely N-dealkylation sites (tertiary alicyclic amines) is 1. The molecule has 7 heteroatoms. The van der Waals surface area contributed by atoms with Gasteiger partial charge in [0.2, 0.25) is 5.91 Å². The van der Waals surface area contributed by atoms with Crippen LogP contribution in [0.2, 0.25) is 5.02 Å². The van der Waals surface area contributed by atoms with E-state index in [0.29, 0.717) is 29.4 Å². The second kappa shape index (κ2) is 8.45. The van der Waals surface area contributed by atoms with Crippen molar-refractivity contribution in [2.75, 3.05) is 18.8 Å². The third kappa shape index (κ3) is 4.80. The van der Waals surface area contributed by atoms with Crippen molar-refractivity contribution < 1.29 is 14.0 Å². The van der Waals surface area contributed by atoms with Crippen molar-refractivity contribution in [1.82, 2.24) is 10.2 Å². The lowest BCUT2D eigenvalue weighted by atomic mass is 10.0. The smallest absolute Gasteiger partial charge is 0.257 e. The van der Waals surface area contributed by atoms with E-state index in [-0.39, 0.29) is 17.9 Å². The number of thioether (sulfide) groups is 1. The van der Waals surface area contributed by atoms with E-state index in [1.54, 1.807) is 11.0 Å². The van der Waals surface area contributed by atoms with Crippen LogP contribution in [0.1, 0.15) is 23.2 Å². The van der Waals surface area contributed by atoms with E-state index in [1.807, 2.05) is 24.3 Å². The SMILES string of the molecule is O=C(CSc1ccccc1Cl)NC1CCN(C(=O)c2ccoc2)CC1. The Kier molecular flexibility index (Phi) is 6.04. The molecule has 2 heterocycles. The fourth-order valence-electron chi connectivity index (χ4n) is 2.77. The molecular weight excluding hydrogens is 360 g/mol. The molecule has 0 aliphatic carbocycles. The van der Waals surface area contributed by atoms with E-state index < -0.39 is 0 Å². The number of rotatable bonds is 5. The summed E-state index contributed by atoms with van der Waals surface area (Å²) in [6, 6.07) is 9.26. The second-order valence-corrected chi connectivity index (χ2v) is 7.29. The summed E-state index contributed by atoms with van der Waals surface area (Å²) in [5.41, 5.74) is 0.568. The van der Waals surface area contributed by atoms with Crippen LogP contribution < -0.4 is 5.32 Å². The molecule has 25 heavy (non-hydrogen) atoms. The normalized spacial score (nSPS) is 15.2. The molecule has 5 nitrogen and oxygen atoms in total. The maximum absolute atomic E-state index is 12.2. The third-order valence-corrected chi connectivity index (χ3v) is 5.63. The summed E-state index contributed by atoms with van der Waals surface area (Å²) in [4.78, 5) is 27.1. The Morgan fingerprint density at radius 1 is 1.24 bits per heavy atom. The van der Waals surface area contributed by atoms with Crippen LogP contribution in [0.3, 0.4) is 0 Å². The van der Waals surface area contributed by atoms with Gasteiger partial charge in [-0.2, -0.15) is 0 Å². The van der Waals surface area contributed by atoms with Gasteiger partial charge in [-0.1, -0.05) is 23.7 Å². The number of carbonyl (C=O) groups excluding carboxylic acids is 2. The largest absolute Gasteiger partial charge is 0.472 e. The van der Waals surface area contributed by atoms with Crippen LogP contribution >= 0.6 is 23.4 Å². The van der Waals surface area contributed by atoms with Crippen molar-refractivity contribution in [3.63, 3.8) is 0 Å². The average molecular weight is 379 g/mol. The molecule has 1 aromatic carbocycles. The van der Waals surface area contributed by atoms with Gasteiger partial charge in [-0.15, -0.1) is 11.8 Å². The number of halogens is 1. The predicted molar refractivity (Wildman–Crippen MR) is 98.0 cm³/mol. The van der Waals surface area contributed by atoms with Crippen LogP contribution in [-0.2, 0) is 4.79 Å². The predicted octanol–water partition coefficient (Wildman–Crippen LogP) is 3.45. The number of amides is 2. The molecule has 3 rings (SSSR count). The minimum absolute atomic E-state index is 0.00969. The van der Waals surface area contributed by atoms with Gasteiger partial charge >= 0.3 is 0 Å². The summed E-state index contributed by atoms with van der Waals surface area (Å²) in [5.74, 6) is 0.301. The molecule has 2 amide bonds. The number of hydrogen-bond acceptors (Lipinski definition) is 4. The van der Waals surface area contributed by atoms with Crippen molar-refractivity contribution in [3.8, 4) is 0 Å². The van der Waals surface area contributed by atoms with Gasteiger partial charge in [-0.25, -0.2) is 0 Å². The number of piperidine rings is 1. The van der Waals surface area contributed by atoms with E-state index >= 15 is 0 Å². The molecule has 0 saturated carbocycles. The molecule has 1 fully saturated rings. The van der Waals surface area contributed by atoms with Gasteiger partial charge in [0.1, 0.15) is 6.26 Å². The van der Waals surface area contributed by atoms with Gasteiger partial charge < -0.3 is 14.6 Å². The van der Waals surface area contributed by atoms with Crippen molar-refractivity contribution in [3.05, 3.63) is 53.4 Å². The van der Waals surface area contributed by atoms with Crippen LogP contribution in [0.5, 0.6) is 0 Å². The molecule has 1 aliphatic rings. The van der Waals surface area contributed by atoms with Gasteiger partial charge in [0.05, 0.1) is 22.6 Å². The highest BCUT2D eigenvalue weighted by Crippen LogP contribution is 2.26. The number of hydrogen-bond donors (Lipinski definition) is 1. The quantitative estimate of drug-likeness (QED) is 0.809. The molecule has 0 unspecified atom stereocenters. The Balaban J connectivity index is 1.42. The summed E-state index contributed by atoms with van der Waals surface area (Å²) in [7, 11) is 0. The first kappa shape index (κ1) is 17.9. The summed E-state index contributed by atoms with van der Waals surface area (Å²) >= 11 is 7.52. The van der Waals surface area contributed by atoms with Gasteiger partial charge in [-0.3, -0.25) is 9.59 Å². The molecule has 1 aromatic heterocycles. The molecule has 132 valence electrons. The summed E-state index contributed by atoms with van der Waals surface area (Å²) in [5, 5.41) is 3.70. The second-order valence-electron chi connectivity index (χ2n) is 5.87. The maximum atomic E-state index is 12.2. The molecule has 0 radical (unpaired) electrons. The minimum Gasteiger partial charge on any atom is -0.472 e. The summed E-state index contributed by atoms with van der Waals surface area (Å²) < 4.78 is 4.96. The number of nitrogens with zero attached hydrogens (tertiary/aromatic N) is 1. The first-order valence-electron chi connectivity index (χ1n) is 8.11. The first-order valence-corrected chi connectivity index (χ1v) is 9.48. The van der Waals surface area contributed by atoms with Crippen LogP contribution in [0.25, 0.3) is 0 Å². The number of nitrogens with one attached hydrogen (secondary N) is 1. The van der Waals surface area contributed by atoms with Gasteiger partial charge in [0.15, 0.2) is 0 Å². The summed E-state index contributed by atoms with van der Waals surface area (Å²) in [6.45, 7) is 1.26. The zero-order valence-corrected chi connectivity index (χ0v) is 15.2. The number of carbonyl (C=O) groups is 2. The van der Waals surface area contributed by atoms with E-state index in [2.05, 4.69) is 5.32 Å². The maximum Gasteiger partial charge on any atom is 0.257 e. The van der Waals surface area contributed by atoms with Gasteiger partial charge in [-0.05, 0) is 31.0 Å². The van der Waals surface area contributed by atoms with E-state index in [9.17, 15) is 9.59 Å². The van der Waals surface area contributed by atoms with Crippen LogP contribution in [0.15, 0.2) is 52.2 Å². The monoisotopic (exact) mass is 378 g/mol. The molecule has 1 N–H and O–H groups in total. The molecule has 0 atom stereocenters. The van der Waals surface area contributed by atoms with Crippen molar-refractivity contribution in [2.45, 2.75) is 23.8 Å². The lowest BCUT2D eigenvalue weighted by Crippen LogP contribution is -2.46.